The van der Waals surface area contributed by atoms with Gasteiger partial charge in [-0.3, -0.25) is 4.90 Å². The first kappa shape index (κ1) is 20.9. The van der Waals surface area contributed by atoms with Crippen molar-refractivity contribution in [2.45, 2.75) is 51.9 Å². The summed E-state index contributed by atoms with van der Waals surface area (Å²) in [5, 5.41) is 10.8. The molecule has 2 heterocycles. The standard InChI is InChI=1S/C24H25FN2O4/c1-24(2,3)31-23(30)27-14-21-18(12-20(27)22(28)29)17-6-4-5-7-19(17)26(21)13-15-8-10-16(25)11-9-15/h4-11,20H,12-14H2,1-3H3,(H,28,29). The van der Waals surface area contributed by atoms with E-state index in [9.17, 15) is 19.1 Å². The molecule has 0 fully saturated rings. The summed E-state index contributed by atoms with van der Waals surface area (Å²) in [4.78, 5) is 26.2. The average Bonchev–Trinajstić information content (AvgIpc) is 3.00. The van der Waals surface area contributed by atoms with Crippen LogP contribution in [0.3, 0.4) is 0 Å². The molecule has 3 aromatic rings. The molecule has 6 nitrogen and oxygen atoms in total. The second-order valence-corrected chi connectivity index (χ2v) is 8.82. The van der Waals surface area contributed by atoms with Gasteiger partial charge in [0.1, 0.15) is 17.5 Å². The van der Waals surface area contributed by atoms with E-state index < -0.39 is 23.7 Å². The number of carbonyl (C=O) groups is 2. The van der Waals surface area contributed by atoms with Gasteiger partial charge in [-0.05, 0) is 50.1 Å². The van der Waals surface area contributed by atoms with E-state index in [4.69, 9.17) is 4.74 Å². The molecule has 31 heavy (non-hydrogen) atoms. The highest BCUT2D eigenvalue weighted by molar-refractivity contribution is 5.89. The normalized spacial score (nSPS) is 16.3. The van der Waals surface area contributed by atoms with E-state index in [0.717, 1.165) is 27.7 Å². The SMILES string of the molecule is CC(C)(C)OC(=O)N1Cc2c(c3ccccc3n2Cc2ccc(F)cc2)CC1C(=O)O. The van der Waals surface area contributed by atoms with Crippen LogP contribution in [-0.4, -0.2) is 38.3 Å². The van der Waals surface area contributed by atoms with E-state index in [-0.39, 0.29) is 18.8 Å². The Balaban J connectivity index is 1.80. The highest BCUT2D eigenvalue weighted by atomic mass is 19.1. The van der Waals surface area contributed by atoms with Gasteiger partial charge in [0.15, 0.2) is 0 Å². The van der Waals surface area contributed by atoms with E-state index in [1.54, 1.807) is 32.9 Å². The number of hydrogen-bond donors (Lipinski definition) is 1. The molecule has 0 saturated carbocycles. The lowest BCUT2D eigenvalue weighted by Gasteiger charge is -2.35. The Morgan fingerprint density at radius 2 is 1.81 bits per heavy atom. The number of carbonyl (C=O) groups excluding carboxylic acids is 1. The van der Waals surface area contributed by atoms with Gasteiger partial charge in [0.2, 0.25) is 0 Å². The zero-order valence-corrected chi connectivity index (χ0v) is 17.8. The topological polar surface area (TPSA) is 71.8 Å². The molecule has 1 amide bonds. The highest BCUT2D eigenvalue weighted by Crippen LogP contribution is 2.34. The van der Waals surface area contributed by atoms with Gasteiger partial charge in [0.25, 0.3) is 0 Å². The maximum absolute atomic E-state index is 13.4. The number of nitrogens with zero attached hydrogens (tertiary/aromatic N) is 2. The van der Waals surface area contributed by atoms with Crippen molar-refractivity contribution in [2.24, 2.45) is 0 Å². The van der Waals surface area contributed by atoms with Crippen LogP contribution in [0.5, 0.6) is 0 Å². The summed E-state index contributed by atoms with van der Waals surface area (Å²) in [6.07, 6.45) is -0.454. The smallest absolute Gasteiger partial charge is 0.411 e. The summed E-state index contributed by atoms with van der Waals surface area (Å²) < 4.78 is 20.9. The molecule has 162 valence electrons. The van der Waals surface area contributed by atoms with E-state index in [0.29, 0.717) is 6.54 Å². The third kappa shape index (κ3) is 4.13. The molecule has 0 spiro atoms. The van der Waals surface area contributed by atoms with E-state index in [1.807, 2.05) is 24.3 Å². The molecule has 1 atom stereocenters. The molecule has 1 aliphatic heterocycles. The van der Waals surface area contributed by atoms with Gasteiger partial charge >= 0.3 is 12.1 Å². The monoisotopic (exact) mass is 424 g/mol. The van der Waals surface area contributed by atoms with Crippen molar-refractivity contribution in [2.75, 3.05) is 0 Å². The zero-order valence-electron chi connectivity index (χ0n) is 17.8. The van der Waals surface area contributed by atoms with Gasteiger partial charge in [-0.15, -0.1) is 0 Å². The van der Waals surface area contributed by atoms with Crippen molar-refractivity contribution in [3.05, 3.63) is 71.2 Å². The number of rotatable bonds is 3. The first-order chi connectivity index (χ1) is 14.6. The Labute approximate surface area is 179 Å². The van der Waals surface area contributed by atoms with Crippen LogP contribution in [0.15, 0.2) is 48.5 Å². The minimum absolute atomic E-state index is 0.122. The van der Waals surface area contributed by atoms with Crippen molar-refractivity contribution in [1.29, 1.82) is 0 Å². The quantitative estimate of drug-likeness (QED) is 0.668. The molecule has 2 aromatic carbocycles. The van der Waals surface area contributed by atoms with Crippen molar-refractivity contribution < 1.29 is 23.8 Å². The van der Waals surface area contributed by atoms with Crippen molar-refractivity contribution in [3.8, 4) is 0 Å². The number of carboxylic acids is 1. The lowest BCUT2D eigenvalue weighted by atomic mass is 9.97. The van der Waals surface area contributed by atoms with Crippen molar-refractivity contribution in [1.82, 2.24) is 9.47 Å². The minimum Gasteiger partial charge on any atom is -0.480 e. The number of para-hydroxylation sites is 1. The van der Waals surface area contributed by atoms with E-state index in [2.05, 4.69) is 4.57 Å². The molecule has 1 aliphatic rings. The van der Waals surface area contributed by atoms with Crippen LogP contribution in [0.2, 0.25) is 0 Å². The maximum atomic E-state index is 13.4. The zero-order chi connectivity index (χ0) is 22.3. The number of benzene rings is 2. The van der Waals surface area contributed by atoms with Crippen molar-refractivity contribution in [3.63, 3.8) is 0 Å². The van der Waals surface area contributed by atoms with Gasteiger partial charge in [-0.1, -0.05) is 30.3 Å². The molecular weight excluding hydrogens is 399 g/mol. The fourth-order valence-electron chi connectivity index (χ4n) is 4.10. The van der Waals surface area contributed by atoms with Gasteiger partial charge in [-0.2, -0.15) is 0 Å². The third-order valence-electron chi connectivity index (χ3n) is 5.45. The molecule has 0 bridgehead atoms. The number of aromatic nitrogens is 1. The Morgan fingerprint density at radius 1 is 1.13 bits per heavy atom. The number of amides is 1. The summed E-state index contributed by atoms with van der Waals surface area (Å²) in [5.74, 6) is -1.37. The number of hydrogen-bond acceptors (Lipinski definition) is 3. The van der Waals surface area contributed by atoms with Crippen LogP contribution in [0.1, 0.15) is 37.6 Å². The molecule has 1 unspecified atom stereocenters. The molecule has 1 aromatic heterocycles. The number of ether oxygens (including phenoxy) is 1. The first-order valence-corrected chi connectivity index (χ1v) is 10.2. The van der Waals surface area contributed by atoms with Gasteiger partial charge in [0.05, 0.1) is 6.54 Å². The van der Waals surface area contributed by atoms with E-state index >= 15 is 0 Å². The molecule has 1 N–H and O–H groups in total. The predicted molar refractivity (Wildman–Crippen MR) is 114 cm³/mol. The fourth-order valence-corrected chi connectivity index (χ4v) is 4.10. The molecule has 7 heteroatoms. The van der Waals surface area contributed by atoms with Crippen LogP contribution in [0, 0.1) is 5.82 Å². The summed E-state index contributed by atoms with van der Waals surface area (Å²) in [5.41, 5.74) is 2.92. The molecular formula is C24H25FN2O4. The molecule has 0 radical (unpaired) electrons. The third-order valence-corrected chi connectivity index (χ3v) is 5.45. The first-order valence-electron chi connectivity index (χ1n) is 10.2. The Bertz CT molecular complexity index is 1140. The lowest BCUT2D eigenvalue weighted by molar-refractivity contribution is -0.143. The molecule has 0 saturated heterocycles. The van der Waals surface area contributed by atoms with Gasteiger partial charge in [-0.25, -0.2) is 14.0 Å². The molecule has 4 rings (SSSR count). The summed E-state index contributed by atoms with van der Waals surface area (Å²) in [6.45, 7) is 5.86. The predicted octanol–water partition coefficient (Wildman–Crippen LogP) is 4.58. The number of aliphatic carboxylic acids is 1. The number of fused-ring (bicyclic) bond motifs is 3. The molecule has 0 aliphatic carbocycles. The fraction of sp³-hybridized carbons (Fsp3) is 0.333. The van der Waals surface area contributed by atoms with Crippen LogP contribution in [0.25, 0.3) is 10.9 Å². The van der Waals surface area contributed by atoms with Crippen LogP contribution in [-0.2, 0) is 29.0 Å². The van der Waals surface area contributed by atoms with Crippen LogP contribution < -0.4 is 0 Å². The van der Waals surface area contributed by atoms with Gasteiger partial charge in [0, 0.05) is 29.6 Å². The number of carboxylic acid groups (broad SMARTS) is 1. The average molecular weight is 424 g/mol. The summed E-state index contributed by atoms with van der Waals surface area (Å²) in [6, 6.07) is 13.1. The Morgan fingerprint density at radius 3 is 2.45 bits per heavy atom. The minimum atomic E-state index is -1.06. The maximum Gasteiger partial charge on any atom is 0.411 e. The summed E-state index contributed by atoms with van der Waals surface area (Å²) >= 11 is 0. The Hall–Kier alpha value is -3.35. The van der Waals surface area contributed by atoms with Crippen molar-refractivity contribution >= 4 is 23.0 Å². The highest BCUT2D eigenvalue weighted by Gasteiger charge is 2.39. The van der Waals surface area contributed by atoms with E-state index in [1.165, 1.54) is 17.0 Å². The largest absolute Gasteiger partial charge is 0.480 e. The van der Waals surface area contributed by atoms with Crippen LogP contribution >= 0.6 is 0 Å². The summed E-state index contributed by atoms with van der Waals surface area (Å²) in [7, 11) is 0. The lowest BCUT2D eigenvalue weighted by Crippen LogP contribution is -2.50. The number of halogens is 1. The van der Waals surface area contributed by atoms with Crippen LogP contribution in [0.4, 0.5) is 9.18 Å². The second kappa shape index (κ2) is 7.72. The second-order valence-electron chi connectivity index (χ2n) is 8.82. The van der Waals surface area contributed by atoms with Gasteiger partial charge < -0.3 is 14.4 Å². The Kier molecular flexibility index (Phi) is 5.21.